The average molecular weight is 417 g/mol. The fraction of sp³-hybridized carbons (Fsp3) is 0.462. The number of benzene rings is 2. The van der Waals surface area contributed by atoms with Gasteiger partial charge in [0.25, 0.3) is 0 Å². The molecule has 2 fully saturated rings. The first-order valence-corrected chi connectivity index (χ1v) is 11.7. The van der Waals surface area contributed by atoms with Crippen molar-refractivity contribution in [3.05, 3.63) is 78.4 Å². The smallest absolute Gasteiger partial charge is 0.138 e. The first-order chi connectivity index (χ1) is 15.2. The highest BCUT2D eigenvalue weighted by Crippen LogP contribution is 2.48. The first-order valence-electron chi connectivity index (χ1n) is 11.7. The lowest BCUT2D eigenvalue weighted by molar-refractivity contribution is -0.0938. The van der Waals surface area contributed by atoms with E-state index < -0.39 is 5.60 Å². The van der Waals surface area contributed by atoms with Gasteiger partial charge in [0.1, 0.15) is 12.7 Å². The quantitative estimate of drug-likeness (QED) is 0.640. The van der Waals surface area contributed by atoms with Crippen molar-refractivity contribution in [2.45, 2.75) is 50.7 Å². The van der Waals surface area contributed by atoms with Crippen LogP contribution >= 0.6 is 0 Å². The van der Waals surface area contributed by atoms with Crippen LogP contribution in [-0.2, 0) is 12.1 Å². The zero-order chi connectivity index (χ0) is 21.1. The Bertz CT molecular complexity index is 943. The van der Waals surface area contributed by atoms with Crippen LogP contribution in [0.15, 0.2) is 67.3 Å². The number of likely N-dealkylation sites (tertiary alicyclic amines) is 1. The molecule has 162 valence electrons. The van der Waals surface area contributed by atoms with E-state index in [2.05, 4.69) is 69.6 Å². The second-order valence-corrected chi connectivity index (χ2v) is 9.23. The maximum atomic E-state index is 12.1. The monoisotopic (exact) mass is 416 g/mol. The molecule has 2 aliphatic rings. The topological polar surface area (TPSA) is 54.2 Å². The zero-order valence-electron chi connectivity index (χ0n) is 18.1. The summed E-state index contributed by atoms with van der Waals surface area (Å²) in [5.74, 6) is 0.736. The molecule has 3 aromatic rings. The van der Waals surface area contributed by atoms with Crippen molar-refractivity contribution in [2.75, 3.05) is 13.1 Å². The van der Waals surface area contributed by atoms with Gasteiger partial charge >= 0.3 is 0 Å². The maximum absolute atomic E-state index is 12.1. The van der Waals surface area contributed by atoms with Crippen molar-refractivity contribution in [1.29, 1.82) is 0 Å². The molecule has 1 unspecified atom stereocenters. The molecule has 5 nitrogen and oxygen atoms in total. The summed E-state index contributed by atoms with van der Waals surface area (Å²) in [7, 11) is 0. The van der Waals surface area contributed by atoms with E-state index in [1.54, 1.807) is 17.3 Å². The van der Waals surface area contributed by atoms with Gasteiger partial charge in [0.15, 0.2) is 0 Å². The molecule has 2 aromatic carbocycles. The summed E-state index contributed by atoms with van der Waals surface area (Å²) < 4.78 is 1.78. The molecule has 1 atom stereocenters. The number of aliphatic hydroxyl groups is 1. The van der Waals surface area contributed by atoms with E-state index in [0.717, 1.165) is 56.6 Å². The van der Waals surface area contributed by atoms with Gasteiger partial charge in [-0.05, 0) is 73.9 Å². The first kappa shape index (κ1) is 20.4. The van der Waals surface area contributed by atoms with Gasteiger partial charge in [-0.15, -0.1) is 0 Å². The molecule has 1 aliphatic carbocycles. The maximum Gasteiger partial charge on any atom is 0.138 e. The van der Waals surface area contributed by atoms with Gasteiger partial charge in [-0.1, -0.05) is 55.3 Å². The van der Waals surface area contributed by atoms with Crippen molar-refractivity contribution in [3.8, 4) is 5.69 Å². The Morgan fingerprint density at radius 2 is 1.55 bits per heavy atom. The third-order valence-electron chi connectivity index (χ3n) is 7.45. The van der Waals surface area contributed by atoms with Crippen LogP contribution in [0.5, 0.6) is 0 Å². The molecule has 0 bridgehead atoms. The Morgan fingerprint density at radius 1 is 0.871 bits per heavy atom. The van der Waals surface area contributed by atoms with Crippen molar-refractivity contribution < 1.29 is 5.11 Å². The molecule has 1 saturated heterocycles. The Kier molecular flexibility index (Phi) is 5.88. The second-order valence-electron chi connectivity index (χ2n) is 9.23. The Balaban J connectivity index is 1.24. The van der Waals surface area contributed by atoms with E-state index in [0.29, 0.717) is 11.8 Å². The van der Waals surface area contributed by atoms with E-state index in [9.17, 15) is 5.11 Å². The van der Waals surface area contributed by atoms with Crippen LogP contribution in [0.3, 0.4) is 0 Å². The minimum absolute atomic E-state index is 0.337. The predicted molar refractivity (Wildman–Crippen MR) is 122 cm³/mol. The molecule has 5 rings (SSSR count). The number of aromatic nitrogens is 3. The minimum Gasteiger partial charge on any atom is -0.385 e. The summed E-state index contributed by atoms with van der Waals surface area (Å²) in [5, 5.41) is 16.3. The zero-order valence-corrected chi connectivity index (χ0v) is 18.1. The van der Waals surface area contributed by atoms with Gasteiger partial charge in [0.2, 0.25) is 0 Å². The third-order valence-corrected chi connectivity index (χ3v) is 7.45. The van der Waals surface area contributed by atoms with Crippen LogP contribution in [-0.4, -0.2) is 37.9 Å². The van der Waals surface area contributed by atoms with Crippen molar-refractivity contribution in [2.24, 2.45) is 11.8 Å². The summed E-state index contributed by atoms with van der Waals surface area (Å²) in [4.78, 5) is 6.54. The van der Waals surface area contributed by atoms with Crippen LogP contribution < -0.4 is 0 Å². The Labute approximate surface area is 184 Å². The SMILES string of the molecule is OC(c1ccccc1)(C1CCCC1)C1CCN(Cc2ccc(-n3cncn3)cc2)CC1. The number of piperidine rings is 1. The molecule has 5 heteroatoms. The highest BCUT2D eigenvalue weighted by Gasteiger charge is 2.46. The van der Waals surface area contributed by atoms with Crippen molar-refractivity contribution in [3.63, 3.8) is 0 Å². The van der Waals surface area contributed by atoms with Crippen molar-refractivity contribution >= 4 is 0 Å². The van der Waals surface area contributed by atoms with Gasteiger partial charge in [-0.2, -0.15) is 5.10 Å². The molecule has 1 saturated carbocycles. The molecule has 0 spiro atoms. The predicted octanol–water partition coefficient (Wildman–Crippen LogP) is 4.56. The van der Waals surface area contributed by atoms with Crippen LogP contribution in [0.4, 0.5) is 0 Å². The number of nitrogens with zero attached hydrogens (tertiary/aromatic N) is 4. The normalized spacial score (nSPS) is 20.7. The van der Waals surface area contributed by atoms with E-state index in [4.69, 9.17) is 0 Å². The molecule has 0 amide bonds. The van der Waals surface area contributed by atoms with E-state index in [1.165, 1.54) is 18.4 Å². The van der Waals surface area contributed by atoms with Crippen LogP contribution in [0.2, 0.25) is 0 Å². The third kappa shape index (κ3) is 4.17. The molecule has 1 N–H and O–H groups in total. The Hall–Kier alpha value is -2.50. The summed E-state index contributed by atoms with van der Waals surface area (Å²) in [6.45, 7) is 3.03. The minimum atomic E-state index is -0.677. The fourth-order valence-electron chi connectivity index (χ4n) is 5.76. The lowest BCUT2D eigenvalue weighted by Gasteiger charge is -2.45. The van der Waals surface area contributed by atoms with E-state index >= 15 is 0 Å². The van der Waals surface area contributed by atoms with Crippen molar-refractivity contribution in [1.82, 2.24) is 19.7 Å². The largest absolute Gasteiger partial charge is 0.385 e. The molecule has 1 aromatic heterocycles. The van der Waals surface area contributed by atoms with Gasteiger partial charge in [0, 0.05) is 6.54 Å². The summed E-state index contributed by atoms with van der Waals surface area (Å²) in [5.41, 5.74) is 2.80. The van der Waals surface area contributed by atoms with Gasteiger partial charge in [0.05, 0.1) is 11.3 Å². The molecular formula is C26H32N4O. The highest BCUT2D eigenvalue weighted by atomic mass is 16.3. The van der Waals surface area contributed by atoms with E-state index in [1.807, 2.05) is 0 Å². The fourth-order valence-corrected chi connectivity index (χ4v) is 5.76. The van der Waals surface area contributed by atoms with Crippen LogP contribution in [0.1, 0.15) is 49.7 Å². The number of hydrogen-bond donors (Lipinski definition) is 1. The highest BCUT2D eigenvalue weighted by molar-refractivity contribution is 5.33. The molecule has 0 radical (unpaired) electrons. The molecular weight excluding hydrogens is 384 g/mol. The standard InChI is InChI=1S/C26H32N4O/c31-26(23-8-4-5-9-23,22-6-2-1-3-7-22)24-14-16-29(17-15-24)18-21-10-12-25(13-11-21)30-20-27-19-28-30/h1-3,6-7,10-13,19-20,23-24,31H,4-5,8-9,14-18H2. The second kappa shape index (κ2) is 8.93. The van der Waals surface area contributed by atoms with Crippen LogP contribution in [0, 0.1) is 11.8 Å². The number of hydrogen-bond acceptors (Lipinski definition) is 4. The summed E-state index contributed by atoms with van der Waals surface area (Å²) >= 11 is 0. The summed E-state index contributed by atoms with van der Waals surface area (Å²) in [6, 6.07) is 19.1. The van der Waals surface area contributed by atoms with Crippen LogP contribution in [0.25, 0.3) is 5.69 Å². The van der Waals surface area contributed by atoms with E-state index in [-0.39, 0.29) is 0 Å². The Morgan fingerprint density at radius 3 is 2.19 bits per heavy atom. The van der Waals surface area contributed by atoms with Gasteiger partial charge < -0.3 is 5.11 Å². The summed E-state index contributed by atoms with van der Waals surface area (Å²) in [6.07, 6.45) is 10.2. The molecule has 31 heavy (non-hydrogen) atoms. The molecule has 1 aliphatic heterocycles. The van der Waals surface area contributed by atoms with Gasteiger partial charge in [-0.25, -0.2) is 9.67 Å². The number of rotatable bonds is 6. The van der Waals surface area contributed by atoms with Gasteiger partial charge in [-0.3, -0.25) is 4.90 Å². The lowest BCUT2D eigenvalue weighted by Crippen LogP contribution is -2.47. The lowest BCUT2D eigenvalue weighted by atomic mass is 9.68. The average Bonchev–Trinajstić information content (AvgIpc) is 3.55. The molecule has 2 heterocycles.